The lowest BCUT2D eigenvalue weighted by Crippen LogP contribution is -2.58. The lowest BCUT2D eigenvalue weighted by Gasteiger charge is -2.39. The second kappa shape index (κ2) is 5.04. The molecule has 0 aromatic heterocycles. The molecule has 2 atom stereocenters. The molecule has 2 unspecified atom stereocenters. The summed E-state index contributed by atoms with van der Waals surface area (Å²) in [5.41, 5.74) is 0. The zero-order valence-corrected chi connectivity index (χ0v) is 10.4. The highest BCUT2D eigenvalue weighted by atomic mass is 16.2. The van der Waals surface area contributed by atoms with Crippen LogP contribution in [-0.2, 0) is 0 Å². The Morgan fingerprint density at radius 3 is 2.12 bits per heavy atom. The Hall–Kier alpha value is -0.770. The van der Waals surface area contributed by atoms with E-state index in [1.165, 1.54) is 19.3 Å². The standard InChI is InChI=1S/C12H23N3O/c1-10-8-15(9-11(2)13-10)12(16)14-6-4-3-5-7-14/h10-11,13H,3-9H2,1-2H3. The van der Waals surface area contributed by atoms with Gasteiger partial charge in [-0.3, -0.25) is 0 Å². The minimum absolute atomic E-state index is 0.250. The summed E-state index contributed by atoms with van der Waals surface area (Å²) in [5.74, 6) is 0. The molecular weight excluding hydrogens is 202 g/mol. The molecule has 4 nitrogen and oxygen atoms in total. The number of piperidine rings is 1. The number of carbonyl (C=O) groups is 1. The molecule has 0 radical (unpaired) electrons. The Balaban J connectivity index is 1.92. The number of nitrogens with zero attached hydrogens (tertiary/aromatic N) is 2. The maximum atomic E-state index is 12.3. The number of piperazine rings is 1. The molecule has 2 rings (SSSR count). The third kappa shape index (κ3) is 2.67. The maximum absolute atomic E-state index is 12.3. The lowest BCUT2D eigenvalue weighted by atomic mass is 10.1. The van der Waals surface area contributed by atoms with E-state index in [4.69, 9.17) is 0 Å². The van der Waals surface area contributed by atoms with Crippen LogP contribution < -0.4 is 5.32 Å². The molecule has 92 valence electrons. The fourth-order valence-corrected chi connectivity index (χ4v) is 2.77. The van der Waals surface area contributed by atoms with E-state index >= 15 is 0 Å². The first kappa shape index (κ1) is 11.7. The lowest BCUT2D eigenvalue weighted by molar-refractivity contribution is 0.121. The highest BCUT2D eigenvalue weighted by Gasteiger charge is 2.28. The molecule has 2 aliphatic rings. The molecule has 2 heterocycles. The number of rotatable bonds is 0. The van der Waals surface area contributed by atoms with Crippen molar-refractivity contribution in [1.82, 2.24) is 15.1 Å². The summed E-state index contributed by atoms with van der Waals surface area (Å²) in [6, 6.07) is 1.08. The van der Waals surface area contributed by atoms with Gasteiger partial charge in [-0.25, -0.2) is 4.79 Å². The van der Waals surface area contributed by atoms with Crippen LogP contribution in [-0.4, -0.2) is 54.1 Å². The number of hydrogen-bond acceptors (Lipinski definition) is 2. The molecule has 2 saturated heterocycles. The van der Waals surface area contributed by atoms with E-state index in [0.717, 1.165) is 26.2 Å². The molecule has 0 aliphatic carbocycles. The van der Waals surface area contributed by atoms with E-state index in [0.29, 0.717) is 12.1 Å². The summed E-state index contributed by atoms with van der Waals surface area (Å²) >= 11 is 0. The van der Waals surface area contributed by atoms with Crippen molar-refractivity contribution in [2.45, 2.75) is 45.2 Å². The molecule has 0 aromatic rings. The summed E-state index contributed by atoms with van der Waals surface area (Å²) in [7, 11) is 0. The van der Waals surface area contributed by atoms with Crippen LogP contribution in [0.15, 0.2) is 0 Å². The van der Waals surface area contributed by atoms with Gasteiger partial charge in [0.1, 0.15) is 0 Å². The number of urea groups is 1. The van der Waals surface area contributed by atoms with Crippen LogP contribution in [0.5, 0.6) is 0 Å². The van der Waals surface area contributed by atoms with E-state index in [1.807, 2.05) is 9.80 Å². The van der Waals surface area contributed by atoms with Crippen molar-refractivity contribution >= 4 is 6.03 Å². The van der Waals surface area contributed by atoms with E-state index in [-0.39, 0.29) is 6.03 Å². The number of likely N-dealkylation sites (tertiary alicyclic amines) is 1. The summed E-state index contributed by atoms with van der Waals surface area (Å²) < 4.78 is 0. The van der Waals surface area contributed by atoms with Crippen LogP contribution in [0.2, 0.25) is 0 Å². The van der Waals surface area contributed by atoms with Crippen molar-refractivity contribution in [2.24, 2.45) is 0 Å². The normalized spacial score (nSPS) is 31.6. The van der Waals surface area contributed by atoms with Gasteiger partial charge in [0.05, 0.1) is 0 Å². The molecule has 16 heavy (non-hydrogen) atoms. The Morgan fingerprint density at radius 1 is 1.00 bits per heavy atom. The topological polar surface area (TPSA) is 35.6 Å². The van der Waals surface area contributed by atoms with Crippen LogP contribution in [0.25, 0.3) is 0 Å². The first-order valence-corrected chi connectivity index (χ1v) is 6.46. The molecule has 0 aromatic carbocycles. The third-order valence-corrected chi connectivity index (χ3v) is 3.45. The summed E-state index contributed by atoms with van der Waals surface area (Å²) in [6.45, 7) is 7.88. The van der Waals surface area contributed by atoms with E-state index < -0.39 is 0 Å². The van der Waals surface area contributed by atoms with Gasteiger partial charge >= 0.3 is 6.03 Å². The predicted molar refractivity (Wildman–Crippen MR) is 64.5 cm³/mol. The molecule has 0 spiro atoms. The molecule has 2 aliphatic heterocycles. The Morgan fingerprint density at radius 2 is 1.56 bits per heavy atom. The minimum Gasteiger partial charge on any atom is -0.325 e. The van der Waals surface area contributed by atoms with Gasteiger partial charge in [0, 0.05) is 38.3 Å². The molecule has 1 N–H and O–H groups in total. The van der Waals surface area contributed by atoms with Crippen molar-refractivity contribution in [3.05, 3.63) is 0 Å². The smallest absolute Gasteiger partial charge is 0.320 e. The van der Waals surface area contributed by atoms with Crippen molar-refractivity contribution < 1.29 is 4.79 Å². The second-order valence-corrected chi connectivity index (χ2v) is 5.20. The average molecular weight is 225 g/mol. The molecule has 0 saturated carbocycles. The van der Waals surface area contributed by atoms with Crippen LogP contribution in [0.3, 0.4) is 0 Å². The quantitative estimate of drug-likeness (QED) is 0.674. The fourth-order valence-electron chi connectivity index (χ4n) is 2.77. The molecular formula is C12H23N3O. The molecule has 2 fully saturated rings. The van der Waals surface area contributed by atoms with Gasteiger partial charge in [0.2, 0.25) is 0 Å². The zero-order chi connectivity index (χ0) is 11.5. The number of amides is 2. The predicted octanol–water partition coefficient (Wildman–Crippen LogP) is 1.27. The highest BCUT2D eigenvalue weighted by Crippen LogP contribution is 2.13. The van der Waals surface area contributed by atoms with Crippen LogP contribution in [0.4, 0.5) is 4.79 Å². The first-order valence-electron chi connectivity index (χ1n) is 6.46. The monoisotopic (exact) mass is 225 g/mol. The second-order valence-electron chi connectivity index (χ2n) is 5.20. The van der Waals surface area contributed by atoms with Crippen LogP contribution in [0.1, 0.15) is 33.1 Å². The Kier molecular flexibility index (Phi) is 3.69. The average Bonchev–Trinajstić information content (AvgIpc) is 2.28. The van der Waals surface area contributed by atoms with Gasteiger partial charge in [-0.1, -0.05) is 0 Å². The molecule has 4 heteroatoms. The fraction of sp³-hybridized carbons (Fsp3) is 0.917. The van der Waals surface area contributed by atoms with Crippen LogP contribution in [0, 0.1) is 0 Å². The van der Waals surface area contributed by atoms with Gasteiger partial charge in [-0.2, -0.15) is 0 Å². The van der Waals surface area contributed by atoms with Gasteiger partial charge in [0.25, 0.3) is 0 Å². The van der Waals surface area contributed by atoms with Crippen LogP contribution >= 0.6 is 0 Å². The van der Waals surface area contributed by atoms with Crippen molar-refractivity contribution in [3.63, 3.8) is 0 Å². The molecule has 2 amide bonds. The van der Waals surface area contributed by atoms with E-state index in [9.17, 15) is 4.79 Å². The summed E-state index contributed by atoms with van der Waals surface area (Å²) in [6.07, 6.45) is 3.62. The maximum Gasteiger partial charge on any atom is 0.320 e. The van der Waals surface area contributed by atoms with Crippen molar-refractivity contribution in [3.8, 4) is 0 Å². The highest BCUT2D eigenvalue weighted by molar-refractivity contribution is 5.74. The Labute approximate surface area is 98.0 Å². The number of carbonyl (C=O) groups excluding carboxylic acids is 1. The van der Waals surface area contributed by atoms with Crippen molar-refractivity contribution in [1.29, 1.82) is 0 Å². The third-order valence-electron chi connectivity index (χ3n) is 3.45. The van der Waals surface area contributed by atoms with E-state index in [1.54, 1.807) is 0 Å². The Bertz CT molecular complexity index is 241. The SMILES string of the molecule is CC1CN(C(=O)N2CCCCC2)CC(C)N1. The van der Waals surface area contributed by atoms with Gasteiger partial charge in [-0.15, -0.1) is 0 Å². The van der Waals surface area contributed by atoms with Gasteiger partial charge in [0.15, 0.2) is 0 Å². The van der Waals surface area contributed by atoms with Crippen molar-refractivity contribution in [2.75, 3.05) is 26.2 Å². The van der Waals surface area contributed by atoms with Gasteiger partial charge < -0.3 is 15.1 Å². The minimum atomic E-state index is 0.250. The van der Waals surface area contributed by atoms with Gasteiger partial charge in [-0.05, 0) is 33.1 Å². The first-order chi connectivity index (χ1) is 7.66. The number of hydrogen-bond donors (Lipinski definition) is 1. The number of nitrogens with one attached hydrogen (secondary N) is 1. The largest absolute Gasteiger partial charge is 0.325 e. The van der Waals surface area contributed by atoms with E-state index in [2.05, 4.69) is 19.2 Å². The summed E-state index contributed by atoms with van der Waals surface area (Å²) in [5, 5.41) is 3.45. The summed E-state index contributed by atoms with van der Waals surface area (Å²) in [4.78, 5) is 16.3. The molecule has 0 bridgehead atoms. The zero-order valence-electron chi connectivity index (χ0n) is 10.4.